The Balaban J connectivity index is 1.62. The van der Waals surface area contributed by atoms with Crippen LogP contribution in [0.3, 0.4) is 0 Å². The first-order chi connectivity index (χ1) is 11.3. The quantitative estimate of drug-likeness (QED) is 0.852. The second-order valence-electron chi connectivity index (χ2n) is 5.48. The summed E-state index contributed by atoms with van der Waals surface area (Å²) in [6.45, 7) is 1.17. The van der Waals surface area contributed by atoms with Crippen molar-refractivity contribution in [2.45, 2.75) is 12.5 Å². The Labute approximate surface area is 134 Å². The molecule has 0 radical (unpaired) electrons. The number of nitrogens with one attached hydrogen (secondary N) is 2. The summed E-state index contributed by atoms with van der Waals surface area (Å²) in [6, 6.07) is 3.96. The zero-order chi connectivity index (χ0) is 16.1. The Bertz CT molecular complexity index is 647. The number of rotatable bonds is 5. The van der Waals surface area contributed by atoms with Gasteiger partial charge in [-0.25, -0.2) is 9.97 Å². The van der Waals surface area contributed by atoms with E-state index in [0.717, 1.165) is 6.42 Å². The van der Waals surface area contributed by atoms with Crippen LogP contribution in [0.1, 0.15) is 15.9 Å². The van der Waals surface area contributed by atoms with Gasteiger partial charge in [-0.05, 0) is 24.1 Å². The van der Waals surface area contributed by atoms with E-state index in [4.69, 9.17) is 4.74 Å². The van der Waals surface area contributed by atoms with Gasteiger partial charge in [0.05, 0.1) is 24.8 Å². The van der Waals surface area contributed by atoms with Crippen molar-refractivity contribution < 1.29 is 9.53 Å². The number of amides is 1. The van der Waals surface area contributed by atoms with Crippen LogP contribution < -0.4 is 10.6 Å². The summed E-state index contributed by atoms with van der Waals surface area (Å²) in [5.74, 6) is 0.558. The molecular weight excluding hydrogens is 294 g/mol. The van der Waals surface area contributed by atoms with Crippen LogP contribution in [0.4, 0.5) is 5.95 Å². The zero-order valence-electron chi connectivity index (χ0n) is 12.9. The van der Waals surface area contributed by atoms with Crippen molar-refractivity contribution in [3.8, 4) is 0 Å². The number of pyridine rings is 1. The molecule has 0 aliphatic carbocycles. The Morgan fingerprint density at radius 2 is 2.00 bits per heavy atom. The summed E-state index contributed by atoms with van der Waals surface area (Å²) in [5, 5.41) is 5.84. The van der Waals surface area contributed by atoms with Gasteiger partial charge in [0.25, 0.3) is 5.91 Å². The van der Waals surface area contributed by atoms with E-state index in [1.807, 2.05) is 12.1 Å². The van der Waals surface area contributed by atoms with Crippen molar-refractivity contribution in [1.29, 1.82) is 0 Å². The average molecular weight is 313 g/mol. The Morgan fingerprint density at radius 3 is 2.70 bits per heavy atom. The minimum atomic E-state index is -0.178. The average Bonchev–Trinajstić information content (AvgIpc) is 3.02. The molecule has 7 nitrogen and oxygen atoms in total. The van der Waals surface area contributed by atoms with Crippen LogP contribution in [-0.2, 0) is 11.2 Å². The molecule has 1 fully saturated rings. The summed E-state index contributed by atoms with van der Waals surface area (Å²) >= 11 is 0. The number of carbonyl (C=O) groups excluding carboxylic acids is 1. The van der Waals surface area contributed by atoms with Crippen LogP contribution in [0.15, 0.2) is 36.9 Å². The van der Waals surface area contributed by atoms with E-state index in [1.165, 1.54) is 18.0 Å². The first-order valence-electron chi connectivity index (χ1n) is 7.53. The number of carbonyl (C=O) groups is 1. The third-order valence-electron chi connectivity index (χ3n) is 3.90. The van der Waals surface area contributed by atoms with Crippen molar-refractivity contribution in [3.05, 3.63) is 48.0 Å². The van der Waals surface area contributed by atoms with E-state index in [0.29, 0.717) is 24.7 Å². The molecule has 1 aliphatic rings. The van der Waals surface area contributed by atoms with Gasteiger partial charge >= 0.3 is 0 Å². The van der Waals surface area contributed by atoms with Crippen LogP contribution in [-0.4, -0.2) is 47.2 Å². The number of ether oxygens (including phenoxy) is 1. The van der Waals surface area contributed by atoms with Gasteiger partial charge in [-0.15, -0.1) is 0 Å². The number of hydrogen-bond acceptors (Lipinski definition) is 6. The van der Waals surface area contributed by atoms with Crippen LogP contribution >= 0.6 is 0 Å². The predicted octanol–water partition coefficient (Wildman–Crippen LogP) is 0.901. The molecule has 1 saturated heterocycles. The molecule has 0 aromatic carbocycles. The van der Waals surface area contributed by atoms with E-state index in [1.54, 1.807) is 19.4 Å². The number of nitrogens with zero attached hydrogens (tertiary/aromatic N) is 3. The SMILES string of the molecule is CNc1ncc(C(=O)N[C@@H]2COC[C@H]2Cc2ccncc2)cn1. The van der Waals surface area contributed by atoms with Crippen LogP contribution in [0, 0.1) is 5.92 Å². The lowest BCUT2D eigenvalue weighted by Gasteiger charge is -2.19. The molecule has 120 valence electrons. The summed E-state index contributed by atoms with van der Waals surface area (Å²) < 4.78 is 5.54. The zero-order valence-corrected chi connectivity index (χ0v) is 12.9. The minimum absolute atomic E-state index is 0.0142. The smallest absolute Gasteiger partial charge is 0.254 e. The van der Waals surface area contributed by atoms with Gasteiger partial charge in [-0.2, -0.15) is 0 Å². The molecule has 1 aliphatic heterocycles. The molecule has 2 aromatic rings. The van der Waals surface area contributed by atoms with Crippen molar-refractivity contribution in [2.75, 3.05) is 25.6 Å². The minimum Gasteiger partial charge on any atom is -0.379 e. The standard InChI is InChI=1S/C16H19N5O2/c1-17-16-19-7-13(8-20-16)15(22)21-14-10-23-9-12(14)6-11-2-4-18-5-3-11/h2-5,7-8,12,14H,6,9-10H2,1H3,(H,21,22)(H,17,19,20)/t12-,14-/m1/s1. The second kappa shape index (κ2) is 7.15. The number of aromatic nitrogens is 3. The highest BCUT2D eigenvalue weighted by Gasteiger charge is 2.30. The summed E-state index contributed by atoms with van der Waals surface area (Å²) in [7, 11) is 1.73. The first-order valence-corrected chi connectivity index (χ1v) is 7.53. The largest absolute Gasteiger partial charge is 0.379 e. The lowest BCUT2D eigenvalue weighted by atomic mass is 9.95. The highest BCUT2D eigenvalue weighted by atomic mass is 16.5. The lowest BCUT2D eigenvalue weighted by molar-refractivity contribution is 0.0924. The summed E-state index contributed by atoms with van der Waals surface area (Å²) in [5.41, 5.74) is 1.63. The molecule has 3 rings (SSSR count). The molecule has 0 unspecified atom stereocenters. The van der Waals surface area contributed by atoms with Crippen molar-refractivity contribution >= 4 is 11.9 Å². The van der Waals surface area contributed by atoms with E-state index < -0.39 is 0 Å². The van der Waals surface area contributed by atoms with Crippen LogP contribution in [0.2, 0.25) is 0 Å². The highest BCUT2D eigenvalue weighted by Crippen LogP contribution is 2.19. The number of anilines is 1. The number of hydrogen-bond donors (Lipinski definition) is 2. The molecule has 2 N–H and O–H groups in total. The van der Waals surface area contributed by atoms with E-state index in [9.17, 15) is 4.79 Å². The van der Waals surface area contributed by atoms with Crippen molar-refractivity contribution in [3.63, 3.8) is 0 Å². The fourth-order valence-electron chi connectivity index (χ4n) is 2.61. The van der Waals surface area contributed by atoms with Gasteiger partial charge in [0.15, 0.2) is 0 Å². The van der Waals surface area contributed by atoms with Gasteiger partial charge in [-0.1, -0.05) is 0 Å². The molecule has 0 saturated carbocycles. The van der Waals surface area contributed by atoms with Crippen LogP contribution in [0.5, 0.6) is 0 Å². The maximum absolute atomic E-state index is 12.3. The van der Waals surface area contributed by atoms with Gasteiger partial charge in [-0.3, -0.25) is 9.78 Å². The van der Waals surface area contributed by atoms with E-state index >= 15 is 0 Å². The normalized spacial score (nSPS) is 20.2. The van der Waals surface area contributed by atoms with Gasteiger partial charge < -0.3 is 15.4 Å². The van der Waals surface area contributed by atoms with Crippen LogP contribution in [0.25, 0.3) is 0 Å². The third-order valence-corrected chi connectivity index (χ3v) is 3.90. The fourth-order valence-corrected chi connectivity index (χ4v) is 2.61. The second-order valence-corrected chi connectivity index (χ2v) is 5.48. The maximum Gasteiger partial charge on any atom is 0.254 e. The van der Waals surface area contributed by atoms with Crippen molar-refractivity contribution in [1.82, 2.24) is 20.3 Å². The molecule has 2 atom stereocenters. The highest BCUT2D eigenvalue weighted by molar-refractivity contribution is 5.93. The maximum atomic E-state index is 12.3. The van der Waals surface area contributed by atoms with Gasteiger partial charge in [0.1, 0.15) is 0 Å². The van der Waals surface area contributed by atoms with Crippen molar-refractivity contribution in [2.24, 2.45) is 5.92 Å². The van der Waals surface area contributed by atoms with Gasteiger partial charge in [0, 0.05) is 37.8 Å². The third kappa shape index (κ3) is 3.81. The Morgan fingerprint density at radius 1 is 1.26 bits per heavy atom. The monoisotopic (exact) mass is 313 g/mol. The van der Waals surface area contributed by atoms with E-state index in [-0.39, 0.29) is 17.9 Å². The molecule has 0 spiro atoms. The summed E-state index contributed by atoms with van der Waals surface area (Å²) in [4.78, 5) is 24.5. The fraction of sp³-hybridized carbons (Fsp3) is 0.375. The molecule has 1 amide bonds. The van der Waals surface area contributed by atoms with Gasteiger partial charge in [0.2, 0.25) is 5.95 Å². The van der Waals surface area contributed by atoms with E-state index in [2.05, 4.69) is 25.6 Å². The molecule has 0 bridgehead atoms. The molecular formula is C16H19N5O2. The predicted molar refractivity (Wildman–Crippen MR) is 85.1 cm³/mol. The lowest BCUT2D eigenvalue weighted by Crippen LogP contribution is -2.40. The summed E-state index contributed by atoms with van der Waals surface area (Å²) in [6.07, 6.45) is 7.44. The molecule has 7 heteroatoms. The Hall–Kier alpha value is -2.54. The molecule has 23 heavy (non-hydrogen) atoms. The molecule has 2 aromatic heterocycles. The first kappa shape index (κ1) is 15.4. The Kier molecular flexibility index (Phi) is 4.77. The molecule has 3 heterocycles. The topological polar surface area (TPSA) is 89.0 Å².